The zero-order valence-corrected chi connectivity index (χ0v) is 13.3. The van der Waals surface area contributed by atoms with Crippen molar-refractivity contribution in [3.63, 3.8) is 0 Å². The average molecular weight is 353 g/mol. The van der Waals surface area contributed by atoms with Crippen molar-refractivity contribution in [2.75, 3.05) is 0 Å². The van der Waals surface area contributed by atoms with Crippen LogP contribution in [0, 0.1) is 0 Å². The Balaban J connectivity index is 0.00000180. The van der Waals surface area contributed by atoms with Gasteiger partial charge in [-0.05, 0) is 24.5 Å². The molecule has 1 unspecified atom stereocenters. The third kappa shape index (κ3) is 3.14. The first-order chi connectivity index (χ1) is 8.49. The van der Waals surface area contributed by atoms with Crippen molar-refractivity contribution in [3.05, 3.63) is 34.7 Å². The van der Waals surface area contributed by atoms with Crippen LogP contribution in [-0.4, -0.2) is 0 Å². The Morgan fingerprint density at radius 2 is 1.84 bits per heavy atom. The van der Waals surface area contributed by atoms with Crippen molar-refractivity contribution < 1.29 is 30.2 Å². The summed E-state index contributed by atoms with van der Waals surface area (Å²) in [5.74, 6) is 0. The Labute approximate surface area is 124 Å². The summed E-state index contributed by atoms with van der Waals surface area (Å²) in [5, 5.41) is 0.809. The maximum Gasteiger partial charge on any atom is 0.600 e. The molecule has 19 heavy (non-hydrogen) atoms. The number of fused-ring (bicyclic) bond motifs is 1. The molecular formula is C14H16BrF3S. The van der Waals surface area contributed by atoms with Gasteiger partial charge < -0.3 is 17.0 Å². The van der Waals surface area contributed by atoms with Crippen LogP contribution in [-0.2, 0) is 18.3 Å². The summed E-state index contributed by atoms with van der Waals surface area (Å²) in [6.45, 7) is 3.90. The molecule has 0 radical (unpaired) electrons. The predicted octanol–water partition coefficient (Wildman–Crippen LogP) is 2.58. The molecule has 5 heteroatoms. The lowest BCUT2D eigenvalue weighted by molar-refractivity contribution is -0.0867. The molecule has 0 aliphatic heterocycles. The van der Waals surface area contributed by atoms with Gasteiger partial charge in [0, 0.05) is 17.9 Å². The molecule has 0 saturated carbocycles. The van der Waals surface area contributed by atoms with E-state index in [1.807, 2.05) is 19.9 Å². The van der Waals surface area contributed by atoms with Crippen LogP contribution in [0.5, 0.6) is 0 Å². The van der Waals surface area contributed by atoms with Crippen LogP contribution in [0.1, 0.15) is 30.7 Å². The molecule has 0 bridgehead atoms. The fourth-order valence-electron chi connectivity index (χ4n) is 2.29. The molecule has 0 aliphatic rings. The number of benzene rings is 1. The lowest BCUT2D eigenvalue weighted by Crippen LogP contribution is -3.00. The van der Waals surface area contributed by atoms with E-state index in [0.29, 0.717) is 16.0 Å². The molecule has 106 valence electrons. The number of halogens is 4. The Bertz CT molecular complexity index is 558. The van der Waals surface area contributed by atoms with E-state index in [4.69, 9.17) is 0 Å². The summed E-state index contributed by atoms with van der Waals surface area (Å²) < 4.78 is 40.1. The standard InChI is InChI=1S/C14H16F3S.BrH/c1-3-6-11-9-12-10(4-2)7-5-8-13(12)18(11)14(15,16)17;/h5,7-9H,3-4,6H2,1-2H3;1H/q+1;/p-1. The van der Waals surface area contributed by atoms with Crippen LogP contribution in [0.2, 0.25) is 0 Å². The maximum absolute atomic E-state index is 13.2. The second-order valence-electron chi connectivity index (χ2n) is 4.30. The van der Waals surface area contributed by atoms with Gasteiger partial charge in [0.15, 0.2) is 9.58 Å². The summed E-state index contributed by atoms with van der Waals surface area (Å²) in [6.07, 6.45) is 2.05. The van der Waals surface area contributed by atoms with E-state index in [-0.39, 0.29) is 17.0 Å². The molecule has 2 rings (SSSR count). The van der Waals surface area contributed by atoms with Crippen molar-refractivity contribution in [2.24, 2.45) is 0 Å². The van der Waals surface area contributed by atoms with Gasteiger partial charge in [-0.2, -0.15) is 0 Å². The Hall–Kier alpha value is -0.550. The summed E-state index contributed by atoms with van der Waals surface area (Å²) in [6, 6.07) is 7.06. The smallest absolute Gasteiger partial charge is 0.600 e. The number of aryl methyl sites for hydroxylation is 2. The third-order valence-corrected chi connectivity index (χ3v) is 5.16. The van der Waals surface area contributed by atoms with Crippen LogP contribution in [0.25, 0.3) is 10.1 Å². The number of thiophene rings is 1. The molecule has 1 atom stereocenters. The third-order valence-electron chi connectivity index (χ3n) is 3.05. The number of rotatable bonds is 3. The molecule has 0 aliphatic carbocycles. The van der Waals surface area contributed by atoms with Crippen LogP contribution in [0.3, 0.4) is 0 Å². The van der Waals surface area contributed by atoms with Crippen LogP contribution in [0.15, 0.2) is 24.3 Å². The van der Waals surface area contributed by atoms with Gasteiger partial charge in [0.1, 0.15) is 0 Å². The second-order valence-corrected chi connectivity index (χ2v) is 6.33. The van der Waals surface area contributed by atoms with Crippen LogP contribution < -0.4 is 17.0 Å². The van der Waals surface area contributed by atoms with Crippen molar-refractivity contribution in [1.82, 2.24) is 0 Å². The lowest BCUT2D eigenvalue weighted by Gasteiger charge is -1.99. The summed E-state index contributed by atoms with van der Waals surface area (Å²) in [7, 11) is -1.71. The van der Waals surface area contributed by atoms with Crippen LogP contribution >= 0.6 is 10.5 Å². The SMILES string of the molecule is CCCc1cc2c(CC)cccc2[s+]1C(F)(F)F.[Br-]. The van der Waals surface area contributed by atoms with Crippen molar-refractivity contribution in [3.8, 4) is 0 Å². The van der Waals surface area contributed by atoms with E-state index in [2.05, 4.69) is 0 Å². The summed E-state index contributed by atoms with van der Waals surface area (Å²) in [5.41, 5.74) is -3.14. The van der Waals surface area contributed by atoms with Gasteiger partial charge in [-0.15, -0.1) is 13.2 Å². The van der Waals surface area contributed by atoms with Crippen LogP contribution in [0.4, 0.5) is 13.2 Å². The molecule has 0 fully saturated rings. The number of alkyl halides is 3. The molecule has 0 saturated heterocycles. The van der Waals surface area contributed by atoms with E-state index < -0.39 is 16.0 Å². The van der Waals surface area contributed by atoms with Crippen molar-refractivity contribution in [1.29, 1.82) is 0 Å². The fourth-order valence-corrected chi connectivity index (χ4v) is 4.39. The zero-order chi connectivity index (χ0) is 13.3. The van der Waals surface area contributed by atoms with E-state index in [1.165, 1.54) is 0 Å². The minimum Gasteiger partial charge on any atom is -1.00 e. The summed E-state index contributed by atoms with van der Waals surface area (Å²) in [4.78, 5) is 0.543. The van der Waals surface area contributed by atoms with Gasteiger partial charge in [-0.25, -0.2) is 0 Å². The van der Waals surface area contributed by atoms with Gasteiger partial charge in [0.25, 0.3) is 0 Å². The van der Waals surface area contributed by atoms with E-state index >= 15 is 0 Å². The highest BCUT2D eigenvalue weighted by atomic mass is 79.9. The molecule has 0 spiro atoms. The summed E-state index contributed by atoms with van der Waals surface area (Å²) >= 11 is 0. The largest absolute Gasteiger partial charge is 1.00 e. The molecule has 2 aromatic rings. The predicted molar refractivity (Wildman–Crippen MR) is 71.1 cm³/mol. The first kappa shape index (κ1) is 16.5. The maximum atomic E-state index is 13.2. The monoisotopic (exact) mass is 352 g/mol. The Morgan fingerprint density at radius 3 is 2.37 bits per heavy atom. The fraction of sp³-hybridized carbons (Fsp3) is 0.429. The lowest BCUT2D eigenvalue weighted by atomic mass is 10.1. The quantitative estimate of drug-likeness (QED) is 0.745. The molecule has 0 nitrogen and oxygen atoms in total. The van der Waals surface area contributed by atoms with Gasteiger partial charge in [0.2, 0.25) is 0 Å². The normalized spacial score (nSPS) is 12.6. The van der Waals surface area contributed by atoms with Gasteiger partial charge in [-0.3, -0.25) is 0 Å². The van der Waals surface area contributed by atoms with E-state index in [0.717, 1.165) is 23.8 Å². The highest BCUT2D eigenvalue weighted by molar-refractivity contribution is 7.38. The Kier molecular flexibility index (Phi) is 5.44. The Morgan fingerprint density at radius 1 is 1.16 bits per heavy atom. The molecule has 0 amide bonds. The topological polar surface area (TPSA) is 0 Å². The second kappa shape index (κ2) is 6.27. The first-order valence-corrected chi connectivity index (χ1v) is 7.35. The first-order valence-electron chi connectivity index (χ1n) is 6.12. The average Bonchev–Trinajstić information content (AvgIpc) is 2.66. The van der Waals surface area contributed by atoms with Gasteiger partial charge in [0.05, 0.1) is 10.5 Å². The number of hydrogen-bond donors (Lipinski definition) is 0. The number of hydrogen-bond acceptors (Lipinski definition) is 0. The molecule has 1 heterocycles. The highest BCUT2D eigenvalue weighted by Crippen LogP contribution is 2.51. The van der Waals surface area contributed by atoms with Crippen molar-refractivity contribution >= 4 is 20.6 Å². The minimum absolute atomic E-state index is 0. The highest BCUT2D eigenvalue weighted by Gasteiger charge is 2.47. The van der Waals surface area contributed by atoms with E-state index in [1.54, 1.807) is 18.2 Å². The van der Waals surface area contributed by atoms with Crippen molar-refractivity contribution in [2.45, 2.75) is 38.6 Å². The zero-order valence-electron chi connectivity index (χ0n) is 10.9. The molecule has 1 aromatic carbocycles. The van der Waals surface area contributed by atoms with E-state index in [9.17, 15) is 13.2 Å². The molecule has 0 N–H and O–H groups in total. The van der Waals surface area contributed by atoms with Gasteiger partial charge in [-0.1, -0.05) is 26.0 Å². The molecular weight excluding hydrogens is 337 g/mol. The molecule has 1 aromatic heterocycles. The van der Waals surface area contributed by atoms with Gasteiger partial charge >= 0.3 is 5.51 Å². The minimum atomic E-state index is -4.15.